The summed E-state index contributed by atoms with van der Waals surface area (Å²) in [6, 6.07) is 4.79. The van der Waals surface area contributed by atoms with Gasteiger partial charge in [-0.05, 0) is 30.5 Å². The van der Waals surface area contributed by atoms with E-state index in [0.717, 1.165) is 6.42 Å². The number of hydrogen-bond donors (Lipinski definition) is 3. The molecule has 1 aliphatic heterocycles. The number of hydrogen-bond acceptors (Lipinski definition) is 4. The van der Waals surface area contributed by atoms with Gasteiger partial charge in [-0.3, -0.25) is 10.6 Å². The standard InChI is InChI=1S/C13H18ClN3O2/c1-8-4-5-17(12(8)7-18)13(19)10-6-9(14)2-3-11(10)16-15/h2-3,6,8,12,16,18H,4-5,7,15H2,1H3. The molecule has 1 amide bonds. The average Bonchev–Trinajstić information content (AvgIpc) is 2.78. The highest BCUT2D eigenvalue weighted by Crippen LogP contribution is 2.28. The Labute approximate surface area is 117 Å². The molecule has 0 aromatic heterocycles. The highest BCUT2D eigenvalue weighted by molar-refractivity contribution is 6.31. The minimum atomic E-state index is -0.154. The van der Waals surface area contributed by atoms with E-state index in [0.29, 0.717) is 28.7 Å². The van der Waals surface area contributed by atoms with Gasteiger partial charge in [0, 0.05) is 11.6 Å². The summed E-state index contributed by atoms with van der Waals surface area (Å²) in [5, 5.41) is 9.91. The Morgan fingerprint density at radius 2 is 2.37 bits per heavy atom. The van der Waals surface area contributed by atoms with Crippen molar-refractivity contribution >= 4 is 23.2 Å². The second-order valence-electron chi connectivity index (χ2n) is 4.85. The highest BCUT2D eigenvalue weighted by atomic mass is 35.5. The first-order valence-electron chi connectivity index (χ1n) is 6.26. The summed E-state index contributed by atoms with van der Waals surface area (Å²) in [6.07, 6.45) is 0.892. The number of aliphatic hydroxyl groups excluding tert-OH is 1. The van der Waals surface area contributed by atoms with Gasteiger partial charge < -0.3 is 15.4 Å². The predicted molar refractivity (Wildman–Crippen MR) is 75.0 cm³/mol. The lowest BCUT2D eigenvalue weighted by Crippen LogP contribution is -2.40. The van der Waals surface area contributed by atoms with Gasteiger partial charge in [-0.25, -0.2) is 0 Å². The van der Waals surface area contributed by atoms with Gasteiger partial charge in [0.1, 0.15) is 0 Å². The Kier molecular flexibility index (Phi) is 4.29. The number of nitrogen functional groups attached to an aromatic ring is 1. The monoisotopic (exact) mass is 283 g/mol. The zero-order chi connectivity index (χ0) is 14.0. The fourth-order valence-electron chi connectivity index (χ4n) is 2.51. The van der Waals surface area contributed by atoms with Gasteiger partial charge in [-0.2, -0.15) is 0 Å². The minimum absolute atomic E-state index is 0.0289. The normalized spacial score (nSPS) is 22.6. The van der Waals surface area contributed by atoms with E-state index in [1.807, 2.05) is 6.92 Å². The summed E-state index contributed by atoms with van der Waals surface area (Å²) in [6.45, 7) is 2.65. The Hall–Kier alpha value is -1.30. The van der Waals surface area contributed by atoms with E-state index >= 15 is 0 Å². The fourth-order valence-corrected chi connectivity index (χ4v) is 2.68. The molecule has 6 heteroatoms. The lowest BCUT2D eigenvalue weighted by atomic mass is 10.0. The largest absolute Gasteiger partial charge is 0.394 e. The third-order valence-corrected chi connectivity index (χ3v) is 3.93. The number of rotatable bonds is 3. The van der Waals surface area contributed by atoms with Gasteiger partial charge in [0.2, 0.25) is 0 Å². The van der Waals surface area contributed by atoms with E-state index in [1.54, 1.807) is 23.1 Å². The Morgan fingerprint density at radius 1 is 1.63 bits per heavy atom. The SMILES string of the molecule is CC1CCN(C(=O)c2cc(Cl)ccc2NN)C1CO. The molecule has 0 radical (unpaired) electrons. The number of carbonyl (C=O) groups excluding carboxylic acids is 1. The molecular formula is C13H18ClN3O2. The smallest absolute Gasteiger partial charge is 0.256 e. The molecule has 2 rings (SSSR count). The highest BCUT2D eigenvalue weighted by Gasteiger charge is 2.35. The van der Waals surface area contributed by atoms with Crippen LogP contribution in [0, 0.1) is 5.92 Å². The van der Waals surface area contributed by atoms with Crippen LogP contribution in [0.5, 0.6) is 0 Å². The van der Waals surface area contributed by atoms with Crippen molar-refractivity contribution in [2.75, 3.05) is 18.6 Å². The van der Waals surface area contributed by atoms with Gasteiger partial charge in [-0.15, -0.1) is 0 Å². The third-order valence-electron chi connectivity index (χ3n) is 3.70. The Morgan fingerprint density at radius 3 is 3.00 bits per heavy atom. The molecule has 1 heterocycles. The van der Waals surface area contributed by atoms with Crippen molar-refractivity contribution in [3.63, 3.8) is 0 Å². The molecule has 1 saturated heterocycles. The number of nitrogens with two attached hydrogens (primary N) is 1. The van der Waals surface area contributed by atoms with Crippen molar-refractivity contribution in [1.29, 1.82) is 0 Å². The topological polar surface area (TPSA) is 78.6 Å². The van der Waals surface area contributed by atoms with Crippen molar-refractivity contribution in [1.82, 2.24) is 4.90 Å². The zero-order valence-corrected chi connectivity index (χ0v) is 11.5. The van der Waals surface area contributed by atoms with Crippen molar-refractivity contribution in [3.8, 4) is 0 Å². The van der Waals surface area contributed by atoms with Gasteiger partial charge in [0.15, 0.2) is 0 Å². The molecule has 2 atom stereocenters. The van der Waals surface area contributed by atoms with E-state index in [2.05, 4.69) is 5.43 Å². The van der Waals surface area contributed by atoms with Gasteiger partial charge >= 0.3 is 0 Å². The number of hydrazine groups is 1. The van der Waals surface area contributed by atoms with Crippen molar-refractivity contribution < 1.29 is 9.90 Å². The summed E-state index contributed by atoms with van der Waals surface area (Å²) < 4.78 is 0. The number of amides is 1. The first kappa shape index (κ1) is 14.1. The van der Waals surface area contributed by atoms with Gasteiger partial charge in [0.05, 0.1) is 23.9 Å². The predicted octanol–water partition coefficient (Wildman–Crippen LogP) is 1.47. The quantitative estimate of drug-likeness (QED) is 0.580. The van der Waals surface area contributed by atoms with Gasteiger partial charge in [-0.1, -0.05) is 18.5 Å². The number of anilines is 1. The maximum atomic E-state index is 12.6. The number of carbonyl (C=O) groups is 1. The van der Waals surface area contributed by atoms with Crippen molar-refractivity contribution in [2.24, 2.45) is 11.8 Å². The Balaban J connectivity index is 2.31. The van der Waals surface area contributed by atoms with Gasteiger partial charge in [0.25, 0.3) is 5.91 Å². The van der Waals surface area contributed by atoms with Crippen LogP contribution in [0.15, 0.2) is 18.2 Å². The first-order valence-corrected chi connectivity index (χ1v) is 6.64. The van der Waals surface area contributed by atoms with Crippen LogP contribution < -0.4 is 11.3 Å². The molecule has 0 bridgehead atoms. The second kappa shape index (κ2) is 5.77. The number of aliphatic hydroxyl groups is 1. The second-order valence-corrected chi connectivity index (χ2v) is 5.29. The van der Waals surface area contributed by atoms with E-state index in [-0.39, 0.29) is 18.6 Å². The molecule has 1 aliphatic rings. The fraction of sp³-hybridized carbons (Fsp3) is 0.462. The number of likely N-dealkylation sites (tertiary alicyclic amines) is 1. The molecule has 1 fully saturated rings. The van der Waals surface area contributed by atoms with Crippen LogP contribution in [0.1, 0.15) is 23.7 Å². The Bertz CT molecular complexity index is 481. The molecule has 2 unspecified atom stereocenters. The summed E-state index contributed by atoms with van der Waals surface area (Å²) in [4.78, 5) is 14.2. The van der Waals surface area contributed by atoms with Crippen LogP contribution in [0.2, 0.25) is 5.02 Å². The van der Waals surface area contributed by atoms with E-state index in [1.165, 1.54) is 0 Å². The average molecular weight is 284 g/mol. The maximum absolute atomic E-state index is 12.6. The number of nitrogens with zero attached hydrogens (tertiary/aromatic N) is 1. The van der Waals surface area contributed by atoms with Crippen LogP contribution in [-0.4, -0.2) is 35.1 Å². The van der Waals surface area contributed by atoms with Crippen LogP contribution in [0.4, 0.5) is 5.69 Å². The van der Waals surface area contributed by atoms with Crippen LogP contribution in [0.25, 0.3) is 0 Å². The lowest BCUT2D eigenvalue weighted by Gasteiger charge is -2.26. The summed E-state index contributed by atoms with van der Waals surface area (Å²) in [7, 11) is 0. The van der Waals surface area contributed by atoms with E-state index < -0.39 is 0 Å². The maximum Gasteiger partial charge on any atom is 0.256 e. The van der Waals surface area contributed by atoms with Crippen molar-refractivity contribution in [3.05, 3.63) is 28.8 Å². The lowest BCUT2D eigenvalue weighted by molar-refractivity contribution is 0.0649. The minimum Gasteiger partial charge on any atom is -0.394 e. The molecule has 1 aromatic rings. The molecular weight excluding hydrogens is 266 g/mol. The summed E-state index contributed by atoms with van der Waals surface area (Å²) in [5.74, 6) is 5.56. The van der Waals surface area contributed by atoms with Crippen LogP contribution >= 0.6 is 11.6 Å². The first-order chi connectivity index (χ1) is 9.08. The number of nitrogens with one attached hydrogen (secondary N) is 1. The van der Waals surface area contributed by atoms with E-state index in [4.69, 9.17) is 17.4 Å². The molecule has 0 aliphatic carbocycles. The molecule has 5 nitrogen and oxygen atoms in total. The molecule has 1 aromatic carbocycles. The molecule has 4 N–H and O–H groups in total. The molecule has 0 spiro atoms. The third kappa shape index (κ3) is 2.68. The van der Waals surface area contributed by atoms with E-state index in [9.17, 15) is 9.90 Å². The molecule has 0 saturated carbocycles. The summed E-state index contributed by atoms with van der Waals surface area (Å²) in [5.41, 5.74) is 3.47. The number of halogens is 1. The van der Waals surface area contributed by atoms with Crippen LogP contribution in [-0.2, 0) is 0 Å². The molecule has 19 heavy (non-hydrogen) atoms. The molecule has 104 valence electrons. The zero-order valence-electron chi connectivity index (χ0n) is 10.8. The van der Waals surface area contributed by atoms with Crippen molar-refractivity contribution in [2.45, 2.75) is 19.4 Å². The van der Waals surface area contributed by atoms with Crippen LogP contribution in [0.3, 0.4) is 0 Å². The number of benzene rings is 1. The summed E-state index contributed by atoms with van der Waals surface area (Å²) >= 11 is 5.93.